The van der Waals surface area contributed by atoms with Crippen LogP contribution in [0.5, 0.6) is 5.75 Å². The summed E-state index contributed by atoms with van der Waals surface area (Å²) in [5, 5.41) is 3.61. The molecule has 1 aliphatic carbocycles. The van der Waals surface area contributed by atoms with Gasteiger partial charge in [-0.15, -0.1) is 0 Å². The zero-order chi connectivity index (χ0) is 16.5. The van der Waals surface area contributed by atoms with Gasteiger partial charge in [-0.05, 0) is 67.5 Å². The lowest BCUT2D eigenvalue weighted by molar-refractivity contribution is -0.117. The van der Waals surface area contributed by atoms with Crippen molar-refractivity contribution in [3.8, 4) is 5.75 Å². The number of nitrogens with one attached hydrogen (secondary N) is 1. The number of para-hydroxylation sites is 1. The van der Waals surface area contributed by atoms with Gasteiger partial charge >= 0.3 is 0 Å². The van der Waals surface area contributed by atoms with Crippen LogP contribution in [0, 0.1) is 0 Å². The summed E-state index contributed by atoms with van der Waals surface area (Å²) in [5.41, 5.74) is 2.92. The topological polar surface area (TPSA) is 38.3 Å². The van der Waals surface area contributed by atoms with Crippen LogP contribution in [0.3, 0.4) is 0 Å². The Kier molecular flexibility index (Phi) is 4.19. The molecule has 0 unspecified atom stereocenters. The highest BCUT2D eigenvalue weighted by Gasteiger charge is 2.31. The summed E-state index contributed by atoms with van der Waals surface area (Å²) in [4.78, 5) is 12.4. The minimum Gasteiger partial charge on any atom is -0.490 e. The molecule has 1 heterocycles. The molecule has 0 bridgehead atoms. The van der Waals surface area contributed by atoms with Gasteiger partial charge in [0.1, 0.15) is 5.75 Å². The molecule has 24 heavy (non-hydrogen) atoms. The number of carbonyl (C=O) groups is 1. The molecule has 4 heteroatoms. The third-order valence-electron chi connectivity index (χ3n) is 4.96. The third kappa shape index (κ3) is 3.01. The Morgan fingerprint density at radius 3 is 2.75 bits per heavy atom. The van der Waals surface area contributed by atoms with Crippen LogP contribution in [0.1, 0.15) is 42.7 Å². The fourth-order valence-corrected chi connectivity index (χ4v) is 3.87. The first-order valence-corrected chi connectivity index (χ1v) is 8.93. The van der Waals surface area contributed by atoms with Crippen molar-refractivity contribution in [3.05, 3.63) is 58.6 Å². The Balaban J connectivity index is 1.60. The summed E-state index contributed by atoms with van der Waals surface area (Å²) in [6.07, 6.45) is 5.66. The highest BCUT2D eigenvalue weighted by Crippen LogP contribution is 2.38. The summed E-state index contributed by atoms with van der Waals surface area (Å²) in [6, 6.07) is 13.6. The molecule has 4 rings (SSSR count). The molecule has 1 aliphatic heterocycles. The molecule has 3 nitrogen and oxygen atoms in total. The van der Waals surface area contributed by atoms with Gasteiger partial charge in [-0.1, -0.05) is 29.8 Å². The first-order chi connectivity index (χ1) is 11.7. The quantitative estimate of drug-likeness (QED) is 0.855. The number of ether oxygens (including phenoxy) is 1. The van der Waals surface area contributed by atoms with Crippen LogP contribution in [-0.4, -0.2) is 12.0 Å². The molecular weight excluding hydrogens is 322 g/mol. The van der Waals surface area contributed by atoms with Gasteiger partial charge in [-0.25, -0.2) is 0 Å². The average Bonchev–Trinajstić information content (AvgIpc) is 3.18. The minimum atomic E-state index is -0.216. The molecule has 0 radical (unpaired) electrons. The van der Waals surface area contributed by atoms with Crippen molar-refractivity contribution in [2.75, 3.05) is 5.32 Å². The van der Waals surface area contributed by atoms with Crippen LogP contribution in [0.15, 0.2) is 42.5 Å². The molecule has 1 N–H and O–H groups in total. The molecule has 1 atom stereocenters. The van der Waals surface area contributed by atoms with E-state index in [1.807, 2.05) is 30.3 Å². The first kappa shape index (κ1) is 15.5. The maximum absolute atomic E-state index is 12.4. The lowest BCUT2D eigenvalue weighted by Crippen LogP contribution is -2.16. The molecule has 2 aromatic rings. The van der Waals surface area contributed by atoms with Crippen molar-refractivity contribution in [1.82, 2.24) is 0 Å². The zero-order valence-corrected chi connectivity index (χ0v) is 14.2. The van der Waals surface area contributed by atoms with Gasteiger partial charge in [0.05, 0.1) is 12.0 Å². The third-order valence-corrected chi connectivity index (χ3v) is 5.19. The van der Waals surface area contributed by atoms with Gasteiger partial charge in [0.15, 0.2) is 0 Å². The molecule has 2 aromatic carbocycles. The van der Waals surface area contributed by atoms with E-state index >= 15 is 0 Å². The molecule has 124 valence electrons. The second-order valence-electron chi connectivity index (χ2n) is 6.61. The van der Waals surface area contributed by atoms with E-state index in [4.69, 9.17) is 16.3 Å². The summed E-state index contributed by atoms with van der Waals surface area (Å²) in [5.74, 6) is 0.725. The monoisotopic (exact) mass is 341 g/mol. The van der Waals surface area contributed by atoms with Gasteiger partial charge in [-0.2, -0.15) is 0 Å². The molecule has 0 aromatic heterocycles. The molecule has 2 aliphatic rings. The minimum absolute atomic E-state index is 0.0305. The lowest BCUT2D eigenvalue weighted by Gasteiger charge is -2.18. The van der Waals surface area contributed by atoms with E-state index in [0.717, 1.165) is 35.4 Å². The van der Waals surface area contributed by atoms with Gasteiger partial charge < -0.3 is 10.1 Å². The second kappa shape index (κ2) is 6.48. The lowest BCUT2D eigenvalue weighted by atomic mass is 9.93. The number of fused-ring (bicyclic) bond motifs is 1. The normalized spacial score (nSPS) is 20.0. The summed E-state index contributed by atoms with van der Waals surface area (Å²) in [7, 11) is 0. The predicted octanol–water partition coefficient (Wildman–Crippen LogP) is 4.94. The van der Waals surface area contributed by atoms with Gasteiger partial charge in [0, 0.05) is 10.7 Å². The number of carbonyl (C=O) groups excluding carboxylic acids is 1. The van der Waals surface area contributed by atoms with Gasteiger partial charge in [0.25, 0.3) is 0 Å². The maximum Gasteiger partial charge on any atom is 0.232 e. The fourth-order valence-electron chi connectivity index (χ4n) is 3.69. The fraction of sp³-hybridized carbons (Fsp3) is 0.350. The number of rotatable bonds is 4. The smallest absolute Gasteiger partial charge is 0.232 e. The average molecular weight is 342 g/mol. The highest BCUT2D eigenvalue weighted by atomic mass is 35.5. The number of halogens is 1. The van der Waals surface area contributed by atoms with Crippen LogP contribution in [0.4, 0.5) is 5.69 Å². The van der Waals surface area contributed by atoms with Crippen molar-refractivity contribution in [1.29, 1.82) is 0 Å². The van der Waals surface area contributed by atoms with Crippen LogP contribution in [-0.2, 0) is 11.2 Å². The Bertz CT molecular complexity index is 768. The first-order valence-electron chi connectivity index (χ1n) is 8.55. The summed E-state index contributed by atoms with van der Waals surface area (Å²) >= 11 is 6.12. The van der Waals surface area contributed by atoms with Crippen molar-refractivity contribution < 1.29 is 9.53 Å². The van der Waals surface area contributed by atoms with Crippen molar-refractivity contribution in [3.63, 3.8) is 0 Å². The van der Waals surface area contributed by atoms with E-state index in [0.29, 0.717) is 17.5 Å². The second-order valence-corrected chi connectivity index (χ2v) is 7.05. The van der Waals surface area contributed by atoms with Crippen molar-refractivity contribution in [2.24, 2.45) is 0 Å². The van der Waals surface area contributed by atoms with Gasteiger partial charge in [-0.3, -0.25) is 4.79 Å². The molecule has 1 amide bonds. The molecular formula is C20H20ClNO2. The maximum atomic E-state index is 12.4. The zero-order valence-electron chi connectivity index (χ0n) is 13.4. The molecule has 0 spiro atoms. The van der Waals surface area contributed by atoms with Crippen LogP contribution >= 0.6 is 11.6 Å². The Morgan fingerprint density at radius 2 is 1.92 bits per heavy atom. The standard InChI is InChI=1S/C20H20ClNO2/c21-14-9-10-18-16(12-14)17(20(23)22-18)11-13-5-1-4-8-19(13)24-15-6-2-3-7-15/h1,4-5,8-10,12,15,17H,2-3,6-7,11H2,(H,22,23)/t17-/m0/s1. The van der Waals surface area contributed by atoms with E-state index in [9.17, 15) is 4.79 Å². The highest BCUT2D eigenvalue weighted by molar-refractivity contribution is 6.31. The molecule has 1 fully saturated rings. The van der Waals surface area contributed by atoms with Crippen LogP contribution in [0.2, 0.25) is 5.02 Å². The SMILES string of the molecule is O=C1Nc2ccc(Cl)cc2[C@@H]1Cc1ccccc1OC1CCCC1. The number of benzene rings is 2. The van der Waals surface area contributed by atoms with Crippen LogP contribution < -0.4 is 10.1 Å². The number of hydrogen-bond acceptors (Lipinski definition) is 2. The molecule has 1 saturated carbocycles. The van der Waals surface area contributed by atoms with E-state index < -0.39 is 0 Å². The Hall–Kier alpha value is -2.00. The number of hydrogen-bond donors (Lipinski definition) is 1. The summed E-state index contributed by atoms with van der Waals surface area (Å²) in [6.45, 7) is 0. The Labute approximate surface area is 147 Å². The summed E-state index contributed by atoms with van der Waals surface area (Å²) < 4.78 is 6.21. The van der Waals surface area contributed by atoms with E-state index in [-0.39, 0.29) is 11.8 Å². The van der Waals surface area contributed by atoms with E-state index in [1.54, 1.807) is 6.07 Å². The number of anilines is 1. The van der Waals surface area contributed by atoms with Gasteiger partial charge in [0.2, 0.25) is 5.91 Å². The van der Waals surface area contributed by atoms with Crippen molar-refractivity contribution in [2.45, 2.75) is 44.1 Å². The predicted molar refractivity (Wildman–Crippen MR) is 95.9 cm³/mol. The van der Waals surface area contributed by atoms with E-state index in [2.05, 4.69) is 11.4 Å². The largest absolute Gasteiger partial charge is 0.490 e. The molecule has 0 saturated heterocycles. The van der Waals surface area contributed by atoms with E-state index in [1.165, 1.54) is 12.8 Å². The van der Waals surface area contributed by atoms with Crippen LogP contribution in [0.25, 0.3) is 0 Å². The Morgan fingerprint density at radius 1 is 1.12 bits per heavy atom. The van der Waals surface area contributed by atoms with Crippen molar-refractivity contribution >= 4 is 23.2 Å². The number of amides is 1.